The molecule has 4 rings (SSSR count). The van der Waals surface area contributed by atoms with Gasteiger partial charge in [0.05, 0.1) is 11.3 Å². The lowest BCUT2D eigenvalue weighted by Gasteiger charge is -2.46. The van der Waals surface area contributed by atoms with Crippen molar-refractivity contribution in [3.05, 3.63) is 58.1 Å². The fourth-order valence-electron chi connectivity index (χ4n) is 3.75. The van der Waals surface area contributed by atoms with Crippen LogP contribution in [0.25, 0.3) is 0 Å². The van der Waals surface area contributed by atoms with Crippen molar-refractivity contribution in [1.82, 2.24) is 4.90 Å². The van der Waals surface area contributed by atoms with Crippen molar-refractivity contribution in [2.75, 3.05) is 23.8 Å². The maximum atomic E-state index is 12.8. The molecule has 26 heavy (non-hydrogen) atoms. The lowest BCUT2D eigenvalue weighted by Crippen LogP contribution is -2.55. The molecule has 1 atom stereocenters. The minimum absolute atomic E-state index is 0.0719. The van der Waals surface area contributed by atoms with Crippen LogP contribution in [0.5, 0.6) is 0 Å². The Kier molecular flexibility index (Phi) is 4.44. The van der Waals surface area contributed by atoms with Gasteiger partial charge in [-0.25, -0.2) is 0 Å². The van der Waals surface area contributed by atoms with Crippen molar-refractivity contribution in [1.29, 1.82) is 0 Å². The third-order valence-electron chi connectivity index (χ3n) is 5.15. The Morgan fingerprint density at radius 3 is 2.69 bits per heavy atom. The van der Waals surface area contributed by atoms with Crippen LogP contribution >= 0.6 is 15.9 Å². The molecule has 2 aromatic carbocycles. The van der Waals surface area contributed by atoms with Crippen LogP contribution in [0, 0.1) is 0 Å². The number of carbonyl (C=O) groups excluding carboxylic acids is 2. The van der Waals surface area contributed by atoms with Crippen molar-refractivity contribution >= 4 is 39.1 Å². The van der Waals surface area contributed by atoms with Crippen LogP contribution in [0.1, 0.15) is 40.0 Å². The molecule has 134 valence electrons. The Hall–Kier alpha value is -2.34. The Morgan fingerprint density at radius 1 is 1.15 bits per heavy atom. The molecule has 2 heterocycles. The zero-order valence-electron chi connectivity index (χ0n) is 14.5. The van der Waals surface area contributed by atoms with E-state index in [1.165, 1.54) is 0 Å². The van der Waals surface area contributed by atoms with E-state index in [1.807, 2.05) is 42.3 Å². The highest BCUT2D eigenvalue weighted by Crippen LogP contribution is 2.34. The molecule has 0 aliphatic carbocycles. The number of carbonyl (C=O) groups is 2. The molecule has 0 aromatic heterocycles. The largest absolute Gasteiger partial charge is 0.354 e. The van der Waals surface area contributed by atoms with Gasteiger partial charge in [0.25, 0.3) is 11.8 Å². The topological polar surface area (TPSA) is 52.7 Å². The number of hydrogen-bond acceptors (Lipinski definition) is 3. The second-order valence-corrected chi connectivity index (χ2v) is 7.69. The molecule has 1 fully saturated rings. The molecule has 1 saturated heterocycles. The van der Waals surface area contributed by atoms with Crippen LogP contribution in [-0.4, -0.2) is 36.5 Å². The Morgan fingerprint density at radius 2 is 1.92 bits per heavy atom. The first kappa shape index (κ1) is 17.1. The predicted molar refractivity (Wildman–Crippen MR) is 106 cm³/mol. The molecule has 2 aromatic rings. The first-order valence-corrected chi connectivity index (χ1v) is 9.58. The molecular weight excluding hydrogens is 394 g/mol. The van der Waals surface area contributed by atoms with Gasteiger partial charge in [-0.15, -0.1) is 0 Å². The number of fused-ring (bicyclic) bond motifs is 2. The second kappa shape index (κ2) is 6.76. The number of nitrogens with one attached hydrogen (secondary N) is 1. The lowest BCUT2D eigenvalue weighted by atomic mass is 9.97. The quantitative estimate of drug-likeness (QED) is 0.805. The fraction of sp³-hybridized carbons (Fsp3) is 0.300. The molecular formula is C20H20BrN3O2. The number of anilines is 2. The highest BCUT2D eigenvalue weighted by atomic mass is 79.9. The first-order chi connectivity index (χ1) is 12.5. The Balaban J connectivity index is 1.62. The molecule has 0 radical (unpaired) electrons. The zero-order chi connectivity index (χ0) is 18.3. The van der Waals surface area contributed by atoms with Crippen LogP contribution in [0.3, 0.4) is 0 Å². The summed E-state index contributed by atoms with van der Waals surface area (Å²) in [5.41, 5.74) is 2.79. The minimum Gasteiger partial charge on any atom is -0.354 e. The first-order valence-electron chi connectivity index (χ1n) is 8.79. The standard InChI is InChI=1S/C20H20BrN3O2/c1-23-17-12-13(19(25)22-15-8-6-14(21)7-9-15)5-10-16(17)20(26)24-11-3-2-4-18(23)24/h5-10,12,18H,2-4,11H2,1H3,(H,22,25)/t18-/m1/s1. The molecule has 2 aliphatic rings. The number of hydrogen-bond donors (Lipinski definition) is 1. The third kappa shape index (κ3) is 2.98. The van der Waals surface area contributed by atoms with Crippen LogP contribution in [0.4, 0.5) is 11.4 Å². The van der Waals surface area contributed by atoms with E-state index in [1.54, 1.807) is 12.1 Å². The number of halogens is 1. The van der Waals surface area contributed by atoms with Crippen LogP contribution in [0.2, 0.25) is 0 Å². The average molecular weight is 414 g/mol. The summed E-state index contributed by atoms with van der Waals surface area (Å²) in [5, 5.41) is 2.90. The minimum atomic E-state index is -0.179. The van der Waals surface area contributed by atoms with E-state index in [2.05, 4.69) is 26.1 Å². The zero-order valence-corrected chi connectivity index (χ0v) is 16.1. The number of benzene rings is 2. The van der Waals surface area contributed by atoms with Gasteiger partial charge in [-0.3, -0.25) is 9.59 Å². The van der Waals surface area contributed by atoms with Crippen LogP contribution < -0.4 is 10.2 Å². The Labute approximate surface area is 161 Å². The van der Waals surface area contributed by atoms with E-state index < -0.39 is 0 Å². The normalized spacial score (nSPS) is 19.0. The third-order valence-corrected chi connectivity index (χ3v) is 5.68. The highest BCUT2D eigenvalue weighted by Gasteiger charge is 2.37. The van der Waals surface area contributed by atoms with Gasteiger partial charge in [-0.1, -0.05) is 15.9 Å². The van der Waals surface area contributed by atoms with Crippen molar-refractivity contribution < 1.29 is 9.59 Å². The summed E-state index contributed by atoms with van der Waals surface area (Å²) >= 11 is 3.38. The van der Waals surface area contributed by atoms with Crippen LogP contribution in [-0.2, 0) is 0 Å². The van der Waals surface area contributed by atoms with Crippen LogP contribution in [0.15, 0.2) is 46.9 Å². The van der Waals surface area contributed by atoms with Gasteiger partial charge < -0.3 is 15.1 Å². The number of piperidine rings is 1. The van der Waals surface area contributed by atoms with E-state index in [0.29, 0.717) is 11.1 Å². The van der Waals surface area contributed by atoms with Gasteiger partial charge in [0.1, 0.15) is 6.17 Å². The monoisotopic (exact) mass is 413 g/mol. The molecule has 0 unspecified atom stereocenters. The van der Waals surface area contributed by atoms with E-state index in [0.717, 1.165) is 41.7 Å². The molecule has 2 amide bonds. The molecule has 0 saturated carbocycles. The summed E-state index contributed by atoms with van der Waals surface area (Å²) in [6.45, 7) is 0.805. The van der Waals surface area contributed by atoms with Gasteiger partial charge in [-0.05, 0) is 61.7 Å². The molecule has 6 heteroatoms. The number of nitrogens with zero attached hydrogens (tertiary/aromatic N) is 2. The maximum Gasteiger partial charge on any atom is 0.257 e. The van der Waals surface area contributed by atoms with E-state index >= 15 is 0 Å². The summed E-state index contributed by atoms with van der Waals surface area (Å²) in [7, 11) is 2.00. The van der Waals surface area contributed by atoms with Crippen molar-refractivity contribution in [2.45, 2.75) is 25.4 Å². The van der Waals surface area contributed by atoms with Gasteiger partial charge in [-0.2, -0.15) is 0 Å². The van der Waals surface area contributed by atoms with Gasteiger partial charge in [0, 0.05) is 29.3 Å². The molecule has 0 bridgehead atoms. The predicted octanol–water partition coefficient (Wildman–Crippen LogP) is 4.10. The molecule has 1 N–H and O–H groups in total. The van der Waals surface area contributed by atoms with Crippen molar-refractivity contribution in [2.24, 2.45) is 0 Å². The van der Waals surface area contributed by atoms with Crippen molar-refractivity contribution in [3.8, 4) is 0 Å². The highest BCUT2D eigenvalue weighted by molar-refractivity contribution is 9.10. The summed E-state index contributed by atoms with van der Waals surface area (Å²) in [6.07, 6.45) is 3.24. The summed E-state index contributed by atoms with van der Waals surface area (Å²) < 4.78 is 0.960. The van der Waals surface area contributed by atoms with E-state index in [4.69, 9.17) is 0 Å². The van der Waals surface area contributed by atoms with Gasteiger partial charge in [0.2, 0.25) is 0 Å². The summed E-state index contributed by atoms with van der Waals surface area (Å²) in [4.78, 5) is 29.5. The summed E-state index contributed by atoms with van der Waals surface area (Å²) in [5.74, 6) is -0.107. The average Bonchev–Trinajstić information content (AvgIpc) is 2.67. The van der Waals surface area contributed by atoms with Gasteiger partial charge in [0.15, 0.2) is 0 Å². The van der Waals surface area contributed by atoms with E-state index in [9.17, 15) is 9.59 Å². The molecule has 0 spiro atoms. The van der Waals surface area contributed by atoms with E-state index in [-0.39, 0.29) is 18.0 Å². The van der Waals surface area contributed by atoms with Crippen molar-refractivity contribution in [3.63, 3.8) is 0 Å². The smallest absolute Gasteiger partial charge is 0.257 e. The summed E-state index contributed by atoms with van der Waals surface area (Å²) in [6, 6.07) is 12.8. The molecule has 2 aliphatic heterocycles. The SMILES string of the molecule is CN1c2cc(C(=O)Nc3ccc(Br)cc3)ccc2C(=O)N2CCCC[C@@H]21. The maximum absolute atomic E-state index is 12.8. The number of amides is 2. The second-order valence-electron chi connectivity index (χ2n) is 6.78. The number of rotatable bonds is 2. The Bertz CT molecular complexity index is 866. The van der Waals surface area contributed by atoms with Gasteiger partial charge >= 0.3 is 0 Å². The molecule has 5 nitrogen and oxygen atoms in total. The fourth-order valence-corrected chi connectivity index (χ4v) is 4.02. The lowest BCUT2D eigenvalue weighted by molar-refractivity contribution is 0.0589.